The fraction of sp³-hybridized carbons (Fsp3) is 0.364. The molecular weight excluding hydrogens is 376 g/mol. The fourth-order valence-corrected chi connectivity index (χ4v) is 4.01. The number of nitriles is 1. The molecule has 0 spiro atoms. The number of ether oxygens (including phenoxy) is 1. The van der Waals surface area contributed by atoms with Gasteiger partial charge >= 0.3 is 0 Å². The molecule has 146 valence electrons. The third-order valence-corrected chi connectivity index (χ3v) is 5.72. The molecule has 28 heavy (non-hydrogen) atoms. The van der Waals surface area contributed by atoms with E-state index in [0.717, 1.165) is 37.0 Å². The number of aliphatic hydroxyl groups is 1. The number of carbonyl (C=O) groups excluding carboxylic acids is 1. The zero-order valence-electron chi connectivity index (χ0n) is 15.7. The van der Waals surface area contributed by atoms with Gasteiger partial charge in [0.05, 0.1) is 17.7 Å². The van der Waals surface area contributed by atoms with Crippen LogP contribution in [0, 0.1) is 17.2 Å². The summed E-state index contributed by atoms with van der Waals surface area (Å²) in [5.74, 6) is 0.171. The lowest BCUT2D eigenvalue weighted by Crippen LogP contribution is -2.50. The molecule has 6 heteroatoms. The van der Waals surface area contributed by atoms with Crippen molar-refractivity contribution in [2.45, 2.75) is 37.7 Å². The van der Waals surface area contributed by atoms with Crippen molar-refractivity contribution in [3.63, 3.8) is 0 Å². The van der Waals surface area contributed by atoms with Crippen molar-refractivity contribution in [1.82, 2.24) is 0 Å². The number of amides is 1. The number of hydrogen-bond donors (Lipinski definition) is 2. The lowest BCUT2D eigenvalue weighted by molar-refractivity contribution is -0.139. The van der Waals surface area contributed by atoms with E-state index < -0.39 is 11.5 Å². The average molecular weight is 399 g/mol. The van der Waals surface area contributed by atoms with Crippen molar-refractivity contribution in [3.8, 4) is 11.8 Å². The molecule has 1 fully saturated rings. The molecule has 0 saturated heterocycles. The van der Waals surface area contributed by atoms with Crippen LogP contribution in [0.15, 0.2) is 42.5 Å². The molecule has 1 atom stereocenters. The van der Waals surface area contributed by atoms with Crippen LogP contribution in [0.1, 0.15) is 36.8 Å². The maximum Gasteiger partial charge on any atom is 0.256 e. The quantitative estimate of drug-likeness (QED) is 0.759. The van der Waals surface area contributed by atoms with Gasteiger partial charge in [0.2, 0.25) is 0 Å². The molecule has 1 saturated carbocycles. The molecule has 2 N–H and O–H groups in total. The minimum Gasteiger partial charge on any atom is -0.497 e. The Morgan fingerprint density at radius 2 is 1.96 bits per heavy atom. The van der Waals surface area contributed by atoms with Crippen molar-refractivity contribution >= 4 is 23.2 Å². The van der Waals surface area contributed by atoms with E-state index >= 15 is 0 Å². The van der Waals surface area contributed by atoms with E-state index in [2.05, 4.69) is 5.32 Å². The van der Waals surface area contributed by atoms with Crippen LogP contribution >= 0.6 is 11.6 Å². The molecule has 0 radical (unpaired) electrons. The predicted molar refractivity (Wildman–Crippen MR) is 108 cm³/mol. The highest BCUT2D eigenvalue weighted by molar-refractivity contribution is 6.32. The van der Waals surface area contributed by atoms with E-state index in [9.17, 15) is 9.90 Å². The number of hydrogen-bond acceptors (Lipinski definition) is 4. The minimum absolute atomic E-state index is 0.108. The van der Waals surface area contributed by atoms with E-state index in [0.29, 0.717) is 11.3 Å². The molecule has 5 nitrogen and oxygen atoms in total. The molecule has 1 amide bonds. The van der Waals surface area contributed by atoms with Crippen molar-refractivity contribution in [2.75, 3.05) is 12.4 Å². The number of rotatable bonds is 6. The number of halogens is 1. The van der Waals surface area contributed by atoms with E-state index in [1.807, 2.05) is 30.3 Å². The highest BCUT2D eigenvalue weighted by Crippen LogP contribution is 2.37. The van der Waals surface area contributed by atoms with E-state index in [4.69, 9.17) is 21.6 Å². The molecular formula is C22H23ClN2O3. The van der Waals surface area contributed by atoms with Crippen LogP contribution < -0.4 is 10.1 Å². The van der Waals surface area contributed by atoms with Gasteiger partial charge in [-0.2, -0.15) is 5.26 Å². The number of nitrogens with zero attached hydrogens (tertiary/aromatic N) is 1. The lowest BCUT2D eigenvalue weighted by atomic mass is 9.80. The normalized spacial score (nSPS) is 16.2. The van der Waals surface area contributed by atoms with Gasteiger partial charge in [0, 0.05) is 12.1 Å². The van der Waals surface area contributed by atoms with E-state index in [1.54, 1.807) is 19.2 Å². The molecule has 0 bridgehead atoms. The molecule has 2 aromatic rings. The van der Waals surface area contributed by atoms with Crippen LogP contribution in [0.5, 0.6) is 5.75 Å². The predicted octanol–water partition coefficient (Wildman–Crippen LogP) is 4.32. The second-order valence-electron chi connectivity index (χ2n) is 7.19. The summed E-state index contributed by atoms with van der Waals surface area (Å²) in [5, 5.41) is 23.5. The number of benzene rings is 2. The van der Waals surface area contributed by atoms with Gasteiger partial charge in [-0.1, -0.05) is 36.6 Å². The van der Waals surface area contributed by atoms with Gasteiger partial charge < -0.3 is 15.2 Å². The minimum atomic E-state index is -1.52. The summed E-state index contributed by atoms with van der Waals surface area (Å²) in [6, 6.07) is 14.1. The third kappa shape index (κ3) is 4.30. The summed E-state index contributed by atoms with van der Waals surface area (Å²) in [5.41, 5.74) is 0.137. The zero-order valence-corrected chi connectivity index (χ0v) is 16.5. The summed E-state index contributed by atoms with van der Waals surface area (Å²) < 4.78 is 5.18. The molecule has 3 rings (SSSR count). The molecule has 0 heterocycles. The molecule has 0 aromatic heterocycles. The monoisotopic (exact) mass is 398 g/mol. The van der Waals surface area contributed by atoms with Gasteiger partial charge in [-0.25, -0.2) is 0 Å². The Bertz CT molecular complexity index is 886. The Morgan fingerprint density at radius 1 is 1.29 bits per heavy atom. The SMILES string of the molecule is COc1ccc(CC(O)(C(=O)Nc2ccc(C#N)c(Cl)c2)C2CCCC2)cc1. The van der Waals surface area contributed by atoms with Crippen molar-refractivity contribution < 1.29 is 14.6 Å². The van der Waals surface area contributed by atoms with Gasteiger partial charge in [0.25, 0.3) is 5.91 Å². The first-order valence-corrected chi connectivity index (χ1v) is 9.70. The molecule has 1 aliphatic carbocycles. The van der Waals surface area contributed by atoms with Gasteiger partial charge in [0.1, 0.15) is 17.4 Å². The van der Waals surface area contributed by atoms with Gasteiger partial charge in [0.15, 0.2) is 0 Å². The summed E-state index contributed by atoms with van der Waals surface area (Å²) in [7, 11) is 1.60. The van der Waals surface area contributed by atoms with Crippen molar-refractivity contribution in [3.05, 3.63) is 58.6 Å². The first-order chi connectivity index (χ1) is 13.5. The van der Waals surface area contributed by atoms with Gasteiger partial charge in [-0.3, -0.25) is 4.79 Å². The Labute approximate surface area is 169 Å². The van der Waals surface area contributed by atoms with Crippen LogP contribution in [0.2, 0.25) is 5.02 Å². The first kappa shape index (κ1) is 20.2. The van der Waals surface area contributed by atoms with Gasteiger partial charge in [-0.05, 0) is 54.7 Å². The maximum absolute atomic E-state index is 13.1. The smallest absolute Gasteiger partial charge is 0.256 e. The molecule has 0 aliphatic heterocycles. The second kappa shape index (κ2) is 8.64. The first-order valence-electron chi connectivity index (χ1n) is 9.32. The Hall–Kier alpha value is -2.55. The lowest BCUT2D eigenvalue weighted by Gasteiger charge is -2.33. The highest BCUT2D eigenvalue weighted by atomic mass is 35.5. The maximum atomic E-state index is 13.1. The highest BCUT2D eigenvalue weighted by Gasteiger charge is 2.45. The number of carbonyl (C=O) groups is 1. The van der Waals surface area contributed by atoms with Crippen molar-refractivity contribution in [1.29, 1.82) is 5.26 Å². The fourth-order valence-electron chi connectivity index (χ4n) is 3.79. The molecule has 1 aliphatic rings. The van der Waals surface area contributed by atoms with Crippen LogP contribution in [0.4, 0.5) is 5.69 Å². The summed E-state index contributed by atoms with van der Waals surface area (Å²) in [6.45, 7) is 0. The van der Waals surface area contributed by atoms with E-state index in [-0.39, 0.29) is 17.4 Å². The zero-order chi connectivity index (χ0) is 20.1. The number of methoxy groups -OCH3 is 1. The van der Waals surface area contributed by atoms with Crippen LogP contribution in [-0.2, 0) is 11.2 Å². The Kier molecular flexibility index (Phi) is 6.23. The summed E-state index contributed by atoms with van der Waals surface area (Å²) in [6.07, 6.45) is 3.86. The van der Waals surface area contributed by atoms with Gasteiger partial charge in [-0.15, -0.1) is 0 Å². The second-order valence-corrected chi connectivity index (χ2v) is 7.60. The van der Waals surface area contributed by atoms with E-state index in [1.165, 1.54) is 6.07 Å². The molecule has 2 aromatic carbocycles. The average Bonchev–Trinajstić information content (AvgIpc) is 3.24. The summed E-state index contributed by atoms with van der Waals surface area (Å²) >= 11 is 6.06. The standard InChI is InChI=1S/C22H23ClN2O3/c1-28-19-10-6-15(7-11-19)13-22(27,17-4-2-3-5-17)21(26)25-18-9-8-16(14-24)20(23)12-18/h6-12,17,27H,2-5,13H2,1H3,(H,25,26). The molecule has 1 unspecified atom stereocenters. The number of nitrogens with one attached hydrogen (secondary N) is 1. The van der Waals surface area contributed by atoms with Crippen LogP contribution in [0.25, 0.3) is 0 Å². The largest absolute Gasteiger partial charge is 0.497 e. The summed E-state index contributed by atoms with van der Waals surface area (Å²) in [4.78, 5) is 13.1. The third-order valence-electron chi connectivity index (χ3n) is 5.40. The Morgan fingerprint density at radius 3 is 2.54 bits per heavy atom. The number of anilines is 1. The van der Waals surface area contributed by atoms with Crippen LogP contribution in [-0.4, -0.2) is 23.7 Å². The van der Waals surface area contributed by atoms with Crippen LogP contribution in [0.3, 0.4) is 0 Å². The topological polar surface area (TPSA) is 82.3 Å². The Balaban J connectivity index is 1.84. The van der Waals surface area contributed by atoms with Crippen molar-refractivity contribution in [2.24, 2.45) is 5.92 Å².